The average molecular weight is 431 g/mol. The molecule has 2 heteroatoms. The normalized spacial score (nSPS) is 32.5. The summed E-state index contributed by atoms with van der Waals surface area (Å²) in [6, 6.07) is 22.0. The molecule has 30 heavy (non-hydrogen) atoms. The fourth-order valence-corrected chi connectivity index (χ4v) is 8.52. The second kappa shape index (κ2) is 6.15. The summed E-state index contributed by atoms with van der Waals surface area (Å²) in [5, 5.41) is 1.69. The fraction of sp³-hybridized carbons (Fsp3) is 0.357. The van der Waals surface area contributed by atoms with Crippen molar-refractivity contribution < 1.29 is 0 Å². The minimum atomic E-state index is 0.176. The molecule has 0 atom stereocenters. The lowest BCUT2D eigenvalue weighted by Gasteiger charge is -2.61. The van der Waals surface area contributed by atoms with Gasteiger partial charge in [0.1, 0.15) is 0 Å². The van der Waals surface area contributed by atoms with Crippen LogP contribution >= 0.6 is 23.2 Å². The van der Waals surface area contributed by atoms with Crippen LogP contribution in [-0.4, -0.2) is 0 Å². The monoisotopic (exact) mass is 430 g/mol. The standard InChI is InChI=1S/C28H24Cl2/c29-22-4-1-3-18(14-22)19-7-8-24-23(15-19)27-25(5-2-6-26(27)30)28(24)20-10-16-9-17(12-20)13-21(28)11-16/h1-8,14-17,20-21H,9-13H2. The van der Waals surface area contributed by atoms with Gasteiger partial charge in [-0.25, -0.2) is 0 Å². The summed E-state index contributed by atoms with van der Waals surface area (Å²) in [4.78, 5) is 0. The third-order valence-electron chi connectivity index (χ3n) is 8.78. The van der Waals surface area contributed by atoms with E-state index in [9.17, 15) is 0 Å². The number of hydrogen-bond donors (Lipinski definition) is 0. The zero-order valence-corrected chi connectivity index (χ0v) is 18.4. The number of halogens is 2. The van der Waals surface area contributed by atoms with Gasteiger partial charge in [-0.1, -0.05) is 59.6 Å². The van der Waals surface area contributed by atoms with Crippen molar-refractivity contribution in [1.82, 2.24) is 0 Å². The number of fused-ring (bicyclic) bond motifs is 3. The maximum atomic E-state index is 6.90. The van der Waals surface area contributed by atoms with E-state index in [-0.39, 0.29) is 5.41 Å². The molecule has 3 aromatic rings. The highest BCUT2D eigenvalue weighted by atomic mass is 35.5. The summed E-state index contributed by atoms with van der Waals surface area (Å²) in [6.07, 6.45) is 7.07. The molecule has 4 saturated carbocycles. The molecule has 8 rings (SSSR count). The Morgan fingerprint density at radius 2 is 1.37 bits per heavy atom. The summed E-state index contributed by atoms with van der Waals surface area (Å²) in [5.74, 6) is 3.44. The van der Waals surface area contributed by atoms with E-state index in [4.69, 9.17) is 23.2 Å². The Labute approximate surface area is 188 Å². The highest BCUT2D eigenvalue weighted by Gasteiger charge is 2.61. The zero-order chi connectivity index (χ0) is 20.0. The third-order valence-corrected chi connectivity index (χ3v) is 9.33. The summed E-state index contributed by atoms with van der Waals surface area (Å²) in [5.41, 5.74) is 8.29. The van der Waals surface area contributed by atoms with Crippen LogP contribution in [0.15, 0.2) is 60.7 Å². The van der Waals surface area contributed by atoms with E-state index in [0.29, 0.717) is 0 Å². The number of benzene rings is 3. The van der Waals surface area contributed by atoms with Crippen molar-refractivity contribution in [3.05, 3.63) is 81.8 Å². The first-order valence-electron chi connectivity index (χ1n) is 11.3. The first-order chi connectivity index (χ1) is 14.6. The maximum absolute atomic E-state index is 6.90. The van der Waals surface area contributed by atoms with Gasteiger partial charge in [-0.15, -0.1) is 0 Å². The summed E-state index contributed by atoms with van der Waals surface area (Å²) in [6.45, 7) is 0. The van der Waals surface area contributed by atoms with Gasteiger partial charge >= 0.3 is 0 Å². The third kappa shape index (κ3) is 2.20. The zero-order valence-electron chi connectivity index (χ0n) is 16.9. The van der Waals surface area contributed by atoms with E-state index in [2.05, 4.69) is 48.5 Å². The molecule has 0 amide bonds. The Bertz CT molecular complexity index is 1160. The van der Waals surface area contributed by atoms with Crippen molar-refractivity contribution in [2.24, 2.45) is 23.7 Å². The van der Waals surface area contributed by atoms with Crippen LogP contribution in [0.3, 0.4) is 0 Å². The van der Waals surface area contributed by atoms with E-state index in [1.54, 1.807) is 5.56 Å². The van der Waals surface area contributed by atoms with Crippen molar-refractivity contribution in [2.45, 2.75) is 37.5 Å². The van der Waals surface area contributed by atoms with E-state index >= 15 is 0 Å². The maximum Gasteiger partial charge on any atom is 0.0487 e. The predicted molar refractivity (Wildman–Crippen MR) is 125 cm³/mol. The second-order valence-corrected chi connectivity index (χ2v) is 11.0. The molecule has 0 saturated heterocycles. The van der Waals surface area contributed by atoms with Crippen LogP contribution in [0.25, 0.3) is 22.3 Å². The molecule has 0 heterocycles. The molecule has 4 fully saturated rings. The van der Waals surface area contributed by atoms with E-state index in [1.165, 1.54) is 59.9 Å². The molecular formula is C28H24Cl2. The number of rotatable bonds is 1. The lowest BCUT2D eigenvalue weighted by molar-refractivity contribution is -0.0399. The molecule has 4 bridgehead atoms. The molecule has 0 aromatic heterocycles. The van der Waals surface area contributed by atoms with Gasteiger partial charge in [-0.3, -0.25) is 0 Å². The van der Waals surface area contributed by atoms with Gasteiger partial charge in [-0.2, -0.15) is 0 Å². The average Bonchev–Trinajstić information content (AvgIpc) is 3.03. The van der Waals surface area contributed by atoms with Crippen molar-refractivity contribution >= 4 is 23.2 Å². The minimum Gasteiger partial charge on any atom is -0.0843 e. The van der Waals surface area contributed by atoms with Gasteiger partial charge < -0.3 is 0 Å². The van der Waals surface area contributed by atoms with Crippen LogP contribution < -0.4 is 0 Å². The van der Waals surface area contributed by atoms with Crippen LogP contribution in [-0.2, 0) is 5.41 Å². The van der Waals surface area contributed by atoms with Gasteiger partial charge in [0.2, 0.25) is 0 Å². The topological polar surface area (TPSA) is 0 Å². The minimum absolute atomic E-state index is 0.176. The quantitative estimate of drug-likeness (QED) is 0.363. The molecule has 1 spiro atoms. The lowest BCUT2D eigenvalue weighted by atomic mass is 9.43. The first-order valence-corrected chi connectivity index (χ1v) is 12.1. The van der Waals surface area contributed by atoms with Gasteiger partial charge in [0, 0.05) is 21.0 Å². The molecule has 5 aliphatic carbocycles. The molecule has 0 unspecified atom stereocenters. The van der Waals surface area contributed by atoms with Gasteiger partial charge in [0.25, 0.3) is 0 Å². The SMILES string of the molecule is Clc1cccc(-c2ccc3c(c2)-c2c(Cl)cccc2C32C3CC4CC(C3)CC2C4)c1. The molecule has 0 N–H and O–H groups in total. The largest absolute Gasteiger partial charge is 0.0843 e. The van der Waals surface area contributed by atoms with Gasteiger partial charge in [0.15, 0.2) is 0 Å². The van der Waals surface area contributed by atoms with Crippen LogP contribution in [0.5, 0.6) is 0 Å². The van der Waals surface area contributed by atoms with Crippen molar-refractivity contribution in [1.29, 1.82) is 0 Å². The van der Waals surface area contributed by atoms with Crippen molar-refractivity contribution in [3.63, 3.8) is 0 Å². The van der Waals surface area contributed by atoms with Crippen LogP contribution in [0.2, 0.25) is 10.0 Å². The summed E-state index contributed by atoms with van der Waals surface area (Å²) in [7, 11) is 0. The molecule has 0 radical (unpaired) electrons. The predicted octanol–water partition coefficient (Wildman–Crippen LogP) is 8.38. The second-order valence-electron chi connectivity index (χ2n) is 10.1. The smallest absolute Gasteiger partial charge is 0.0487 e. The van der Waals surface area contributed by atoms with E-state index < -0.39 is 0 Å². The Kier molecular flexibility index (Phi) is 3.66. The number of hydrogen-bond acceptors (Lipinski definition) is 0. The first kappa shape index (κ1) is 17.9. The fourth-order valence-electron chi connectivity index (χ4n) is 8.05. The molecule has 0 aliphatic heterocycles. The Balaban J connectivity index is 1.49. The lowest BCUT2D eigenvalue weighted by Crippen LogP contribution is -2.55. The van der Waals surface area contributed by atoms with Gasteiger partial charge in [0.05, 0.1) is 0 Å². The molecule has 150 valence electrons. The molecular weight excluding hydrogens is 407 g/mol. The van der Waals surface area contributed by atoms with Crippen LogP contribution in [0.4, 0.5) is 0 Å². The van der Waals surface area contributed by atoms with Crippen LogP contribution in [0, 0.1) is 23.7 Å². The van der Waals surface area contributed by atoms with Crippen molar-refractivity contribution in [3.8, 4) is 22.3 Å². The Hall–Kier alpha value is -1.76. The molecule has 3 aromatic carbocycles. The summed E-state index contributed by atoms with van der Waals surface area (Å²) >= 11 is 13.2. The van der Waals surface area contributed by atoms with E-state index in [0.717, 1.165) is 33.7 Å². The highest BCUT2D eigenvalue weighted by molar-refractivity contribution is 6.34. The Morgan fingerprint density at radius 1 is 0.667 bits per heavy atom. The van der Waals surface area contributed by atoms with Gasteiger partial charge in [-0.05, 0) is 108 Å². The Morgan fingerprint density at radius 3 is 2.10 bits per heavy atom. The molecule has 0 nitrogen and oxygen atoms in total. The highest BCUT2D eigenvalue weighted by Crippen LogP contribution is 2.70. The summed E-state index contributed by atoms with van der Waals surface area (Å²) < 4.78 is 0. The van der Waals surface area contributed by atoms with Crippen molar-refractivity contribution in [2.75, 3.05) is 0 Å². The molecule has 5 aliphatic rings. The van der Waals surface area contributed by atoms with Crippen LogP contribution in [0.1, 0.15) is 43.2 Å². The van der Waals surface area contributed by atoms with E-state index in [1.807, 2.05) is 12.1 Å².